The van der Waals surface area contributed by atoms with E-state index in [2.05, 4.69) is 31.1 Å². The highest BCUT2D eigenvalue weighted by Gasteiger charge is 2.18. The maximum Gasteiger partial charge on any atom is 0.252 e. The molecule has 0 bridgehead atoms. The minimum Gasteiger partial charge on any atom is -0.384 e. The predicted octanol–water partition coefficient (Wildman–Crippen LogP) is 3.00. The van der Waals surface area contributed by atoms with E-state index in [1.165, 1.54) is 25.5 Å². The second-order valence-electron chi connectivity index (χ2n) is 5.78. The van der Waals surface area contributed by atoms with Gasteiger partial charge in [-0.1, -0.05) is 40.0 Å². The van der Waals surface area contributed by atoms with Crippen molar-refractivity contribution in [1.82, 2.24) is 10.3 Å². The van der Waals surface area contributed by atoms with Gasteiger partial charge in [0.15, 0.2) is 0 Å². The molecule has 4 nitrogen and oxygen atoms in total. The van der Waals surface area contributed by atoms with Gasteiger partial charge in [0.1, 0.15) is 5.82 Å². The topological polar surface area (TPSA) is 68.0 Å². The number of carbonyl (C=O) groups is 1. The number of nitrogens with zero attached hydrogens (tertiary/aromatic N) is 1. The van der Waals surface area contributed by atoms with Gasteiger partial charge in [-0.05, 0) is 24.0 Å². The van der Waals surface area contributed by atoms with E-state index in [0.717, 1.165) is 6.42 Å². The largest absolute Gasteiger partial charge is 0.384 e. The lowest BCUT2D eigenvalue weighted by atomic mass is 9.87. The Bertz CT molecular complexity index is 398. The third-order valence-corrected chi connectivity index (χ3v) is 3.23. The van der Waals surface area contributed by atoms with Gasteiger partial charge in [0.2, 0.25) is 0 Å². The van der Waals surface area contributed by atoms with E-state index < -0.39 is 0 Å². The molecular formula is C15H25N3O. The molecule has 0 atom stereocenters. The molecule has 4 heteroatoms. The lowest BCUT2D eigenvalue weighted by Gasteiger charge is -2.24. The van der Waals surface area contributed by atoms with E-state index in [1.807, 2.05) is 0 Å². The van der Waals surface area contributed by atoms with Gasteiger partial charge in [-0.2, -0.15) is 0 Å². The fourth-order valence-electron chi connectivity index (χ4n) is 1.90. The smallest absolute Gasteiger partial charge is 0.252 e. The average molecular weight is 263 g/mol. The summed E-state index contributed by atoms with van der Waals surface area (Å²) in [7, 11) is 0. The first-order valence-electron chi connectivity index (χ1n) is 6.94. The summed E-state index contributed by atoms with van der Waals surface area (Å²) >= 11 is 0. The highest BCUT2D eigenvalue weighted by molar-refractivity contribution is 5.94. The third kappa shape index (κ3) is 5.73. The van der Waals surface area contributed by atoms with Crippen molar-refractivity contribution in [1.29, 1.82) is 0 Å². The minimum atomic E-state index is -0.0870. The van der Waals surface area contributed by atoms with Gasteiger partial charge >= 0.3 is 0 Å². The van der Waals surface area contributed by atoms with Crippen molar-refractivity contribution in [3.05, 3.63) is 23.9 Å². The molecule has 1 aromatic heterocycles. The molecule has 0 saturated heterocycles. The number of rotatable bonds is 7. The van der Waals surface area contributed by atoms with Crippen molar-refractivity contribution in [2.45, 2.75) is 46.5 Å². The number of hydrogen-bond donors (Lipinski definition) is 2. The molecule has 0 fully saturated rings. The Labute approximate surface area is 115 Å². The predicted molar refractivity (Wildman–Crippen MR) is 78.9 cm³/mol. The normalized spacial score (nSPS) is 11.3. The summed E-state index contributed by atoms with van der Waals surface area (Å²) in [6.07, 6.45) is 6.32. The SMILES string of the molecule is CCCCCC(C)(C)CNC(=O)c1ccc(N)nc1. The quantitative estimate of drug-likeness (QED) is 0.743. The molecule has 0 aliphatic heterocycles. The number of nitrogen functional groups attached to an aromatic ring is 1. The van der Waals surface area contributed by atoms with Crippen LogP contribution in [0.4, 0.5) is 5.82 Å². The van der Waals surface area contributed by atoms with Gasteiger partial charge in [-0.15, -0.1) is 0 Å². The molecule has 0 unspecified atom stereocenters. The number of aromatic nitrogens is 1. The van der Waals surface area contributed by atoms with Crippen LogP contribution in [0.15, 0.2) is 18.3 Å². The first-order valence-corrected chi connectivity index (χ1v) is 6.94. The van der Waals surface area contributed by atoms with Crippen LogP contribution >= 0.6 is 0 Å². The number of carbonyl (C=O) groups excluding carboxylic acids is 1. The van der Waals surface area contributed by atoms with Crippen LogP contribution in [0.1, 0.15) is 56.8 Å². The number of nitrogens with one attached hydrogen (secondary N) is 1. The molecule has 0 aromatic carbocycles. The summed E-state index contributed by atoms with van der Waals surface area (Å²) in [4.78, 5) is 15.9. The van der Waals surface area contributed by atoms with Crippen molar-refractivity contribution >= 4 is 11.7 Å². The number of pyridine rings is 1. The van der Waals surface area contributed by atoms with Crippen molar-refractivity contribution in [3.8, 4) is 0 Å². The van der Waals surface area contributed by atoms with Crippen molar-refractivity contribution < 1.29 is 4.79 Å². The molecule has 1 rings (SSSR count). The Kier molecular flexibility index (Phi) is 5.80. The number of unbranched alkanes of at least 4 members (excludes halogenated alkanes) is 2. The van der Waals surface area contributed by atoms with E-state index in [1.54, 1.807) is 12.1 Å². The standard InChI is InChI=1S/C15H25N3O/c1-4-5-6-9-15(2,3)11-18-14(19)12-7-8-13(16)17-10-12/h7-8,10H,4-6,9,11H2,1-3H3,(H2,16,17)(H,18,19). The van der Waals surface area contributed by atoms with E-state index in [9.17, 15) is 4.79 Å². The van der Waals surface area contributed by atoms with E-state index in [0.29, 0.717) is 17.9 Å². The Morgan fingerprint density at radius 3 is 2.68 bits per heavy atom. The fourth-order valence-corrected chi connectivity index (χ4v) is 1.90. The van der Waals surface area contributed by atoms with Crippen LogP contribution in [0, 0.1) is 5.41 Å². The third-order valence-electron chi connectivity index (χ3n) is 3.23. The molecule has 0 aliphatic rings. The van der Waals surface area contributed by atoms with Crippen molar-refractivity contribution in [2.75, 3.05) is 12.3 Å². The van der Waals surface area contributed by atoms with Gasteiger partial charge in [-0.25, -0.2) is 4.98 Å². The maximum absolute atomic E-state index is 11.9. The zero-order chi connectivity index (χ0) is 14.3. The van der Waals surface area contributed by atoms with Crippen LogP contribution in [-0.4, -0.2) is 17.4 Å². The molecule has 1 aromatic rings. The van der Waals surface area contributed by atoms with Gasteiger partial charge in [-0.3, -0.25) is 4.79 Å². The number of anilines is 1. The first kappa shape index (κ1) is 15.5. The molecule has 1 heterocycles. The Hall–Kier alpha value is -1.58. The number of nitrogens with two attached hydrogens (primary N) is 1. The summed E-state index contributed by atoms with van der Waals surface area (Å²) in [6.45, 7) is 7.25. The molecule has 0 saturated carbocycles. The minimum absolute atomic E-state index is 0.0870. The molecule has 0 aliphatic carbocycles. The van der Waals surface area contributed by atoms with Gasteiger partial charge < -0.3 is 11.1 Å². The van der Waals surface area contributed by atoms with Crippen LogP contribution in [0.2, 0.25) is 0 Å². The molecule has 3 N–H and O–H groups in total. The number of hydrogen-bond acceptors (Lipinski definition) is 3. The maximum atomic E-state index is 11.9. The second-order valence-corrected chi connectivity index (χ2v) is 5.78. The van der Waals surface area contributed by atoms with E-state index in [-0.39, 0.29) is 11.3 Å². The summed E-state index contributed by atoms with van der Waals surface area (Å²) in [5.41, 5.74) is 6.18. The molecule has 0 spiro atoms. The van der Waals surface area contributed by atoms with E-state index >= 15 is 0 Å². The lowest BCUT2D eigenvalue weighted by molar-refractivity contribution is 0.0933. The second kappa shape index (κ2) is 7.12. The molecule has 0 radical (unpaired) electrons. The molecule has 19 heavy (non-hydrogen) atoms. The Morgan fingerprint density at radius 2 is 2.11 bits per heavy atom. The van der Waals surface area contributed by atoms with Crippen LogP contribution in [-0.2, 0) is 0 Å². The zero-order valence-corrected chi connectivity index (χ0v) is 12.2. The summed E-state index contributed by atoms with van der Waals surface area (Å²) in [5, 5.41) is 2.97. The van der Waals surface area contributed by atoms with Crippen LogP contribution in [0.5, 0.6) is 0 Å². The van der Waals surface area contributed by atoms with Crippen molar-refractivity contribution in [2.24, 2.45) is 5.41 Å². The fraction of sp³-hybridized carbons (Fsp3) is 0.600. The highest BCUT2D eigenvalue weighted by atomic mass is 16.1. The molecule has 106 valence electrons. The first-order chi connectivity index (χ1) is 8.94. The lowest BCUT2D eigenvalue weighted by Crippen LogP contribution is -2.34. The molecular weight excluding hydrogens is 238 g/mol. The Morgan fingerprint density at radius 1 is 1.37 bits per heavy atom. The van der Waals surface area contributed by atoms with Crippen molar-refractivity contribution in [3.63, 3.8) is 0 Å². The summed E-state index contributed by atoms with van der Waals surface area (Å²) in [5.74, 6) is 0.340. The van der Waals surface area contributed by atoms with Gasteiger partial charge in [0.25, 0.3) is 5.91 Å². The van der Waals surface area contributed by atoms with Crippen LogP contribution in [0.25, 0.3) is 0 Å². The average Bonchev–Trinajstić information content (AvgIpc) is 2.37. The summed E-state index contributed by atoms with van der Waals surface area (Å²) < 4.78 is 0. The van der Waals surface area contributed by atoms with Gasteiger partial charge in [0, 0.05) is 12.7 Å². The Balaban J connectivity index is 2.42. The van der Waals surface area contributed by atoms with Crippen LogP contribution in [0.3, 0.4) is 0 Å². The monoisotopic (exact) mass is 263 g/mol. The van der Waals surface area contributed by atoms with E-state index in [4.69, 9.17) is 5.73 Å². The molecule has 1 amide bonds. The zero-order valence-electron chi connectivity index (χ0n) is 12.2. The van der Waals surface area contributed by atoms with Gasteiger partial charge in [0.05, 0.1) is 5.56 Å². The highest BCUT2D eigenvalue weighted by Crippen LogP contribution is 2.22. The summed E-state index contributed by atoms with van der Waals surface area (Å²) in [6, 6.07) is 3.34. The number of amides is 1. The van der Waals surface area contributed by atoms with Crippen LogP contribution < -0.4 is 11.1 Å².